The summed E-state index contributed by atoms with van der Waals surface area (Å²) in [5, 5.41) is 12.7. The molecule has 4 aromatic rings. The van der Waals surface area contributed by atoms with Crippen molar-refractivity contribution < 1.29 is 18.4 Å². The van der Waals surface area contributed by atoms with Gasteiger partial charge in [-0.1, -0.05) is 16.8 Å². The largest absolute Gasteiger partial charge is 0.493 e. The minimum absolute atomic E-state index is 0.223. The van der Waals surface area contributed by atoms with Crippen molar-refractivity contribution in [2.24, 2.45) is 0 Å². The molecule has 0 radical (unpaired) electrons. The van der Waals surface area contributed by atoms with Gasteiger partial charge >= 0.3 is 0 Å². The molecular weight excluding hydrogens is 384 g/mol. The molecule has 28 heavy (non-hydrogen) atoms. The van der Waals surface area contributed by atoms with Crippen LogP contribution in [-0.4, -0.2) is 34.6 Å². The third-order valence-corrected chi connectivity index (χ3v) is 4.22. The van der Waals surface area contributed by atoms with Crippen molar-refractivity contribution in [1.82, 2.24) is 20.3 Å². The van der Waals surface area contributed by atoms with Gasteiger partial charge in [-0.25, -0.2) is 0 Å². The van der Waals surface area contributed by atoms with E-state index >= 15 is 0 Å². The minimum atomic E-state index is 0.223. The van der Waals surface area contributed by atoms with Crippen LogP contribution in [0.2, 0.25) is 5.02 Å². The van der Waals surface area contributed by atoms with Crippen LogP contribution in [0.4, 0.5) is 0 Å². The summed E-state index contributed by atoms with van der Waals surface area (Å²) < 4.78 is 21.5. The first-order valence-corrected chi connectivity index (χ1v) is 8.67. The fourth-order valence-corrected chi connectivity index (χ4v) is 2.71. The summed E-state index contributed by atoms with van der Waals surface area (Å²) in [7, 11) is 3.14. The Morgan fingerprint density at radius 1 is 0.893 bits per heavy atom. The zero-order valence-corrected chi connectivity index (χ0v) is 15.8. The Morgan fingerprint density at radius 2 is 1.64 bits per heavy atom. The van der Waals surface area contributed by atoms with Gasteiger partial charge in [-0.2, -0.15) is 4.98 Å². The number of hydrogen-bond acceptors (Lipinski definition) is 8. The highest BCUT2D eigenvalue weighted by Crippen LogP contribution is 2.31. The molecule has 142 valence electrons. The van der Waals surface area contributed by atoms with Gasteiger partial charge in [0.15, 0.2) is 11.5 Å². The molecule has 0 aliphatic rings. The Balaban J connectivity index is 1.52. The molecule has 0 unspecified atom stereocenters. The van der Waals surface area contributed by atoms with E-state index in [2.05, 4.69) is 20.3 Å². The topological polar surface area (TPSA) is 96.3 Å². The molecule has 0 saturated carbocycles. The Kier molecular flexibility index (Phi) is 4.94. The summed E-state index contributed by atoms with van der Waals surface area (Å²) >= 11 is 5.89. The first-order chi connectivity index (χ1) is 13.7. The van der Waals surface area contributed by atoms with Gasteiger partial charge in [0.1, 0.15) is 6.42 Å². The molecule has 8 nitrogen and oxygen atoms in total. The number of methoxy groups -OCH3 is 2. The fourth-order valence-electron chi connectivity index (χ4n) is 2.58. The standard InChI is InChI=1S/C19H15ClN4O4/c1-25-14-8-5-12(9-15(14)26-2)18-21-16(28-24-18)10-17-22-23-19(27-17)11-3-6-13(20)7-4-11/h3-9H,10H2,1-2H3. The van der Waals surface area contributed by atoms with E-state index in [1.807, 2.05) is 18.2 Å². The molecule has 0 aliphatic carbocycles. The van der Waals surface area contributed by atoms with Crippen molar-refractivity contribution in [3.63, 3.8) is 0 Å². The second kappa shape index (κ2) is 7.69. The van der Waals surface area contributed by atoms with Crippen molar-refractivity contribution in [3.05, 3.63) is 59.3 Å². The molecule has 2 aromatic heterocycles. The monoisotopic (exact) mass is 398 g/mol. The number of benzene rings is 2. The van der Waals surface area contributed by atoms with E-state index in [9.17, 15) is 0 Å². The average Bonchev–Trinajstić information content (AvgIpc) is 3.38. The van der Waals surface area contributed by atoms with E-state index in [0.717, 1.165) is 11.1 Å². The van der Waals surface area contributed by atoms with Crippen LogP contribution in [0.3, 0.4) is 0 Å². The number of nitrogens with zero attached hydrogens (tertiary/aromatic N) is 4. The van der Waals surface area contributed by atoms with E-state index in [0.29, 0.717) is 40.0 Å². The number of aromatic nitrogens is 4. The molecule has 0 fully saturated rings. The summed E-state index contributed by atoms with van der Waals surface area (Å²) in [5.41, 5.74) is 1.51. The first-order valence-electron chi connectivity index (χ1n) is 8.29. The highest BCUT2D eigenvalue weighted by molar-refractivity contribution is 6.30. The quantitative estimate of drug-likeness (QED) is 0.480. The van der Waals surface area contributed by atoms with Gasteiger partial charge in [0.05, 0.1) is 14.2 Å². The summed E-state index contributed by atoms with van der Waals surface area (Å²) in [4.78, 5) is 4.38. The van der Waals surface area contributed by atoms with Gasteiger partial charge in [0, 0.05) is 16.1 Å². The van der Waals surface area contributed by atoms with Gasteiger partial charge in [-0.05, 0) is 42.5 Å². The van der Waals surface area contributed by atoms with E-state index in [-0.39, 0.29) is 6.42 Å². The first kappa shape index (κ1) is 18.0. The molecule has 4 rings (SSSR count). The van der Waals surface area contributed by atoms with Gasteiger partial charge < -0.3 is 18.4 Å². The Morgan fingerprint density at radius 3 is 2.39 bits per heavy atom. The van der Waals surface area contributed by atoms with Crippen LogP contribution in [0.5, 0.6) is 11.5 Å². The predicted molar refractivity (Wildman–Crippen MR) is 100 cm³/mol. The minimum Gasteiger partial charge on any atom is -0.493 e. The molecule has 0 atom stereocenters. The molecule has 0 bridgehead atoms. The number of rotatable bonds is 6. The lowest BCUT2D eigenvalue weighted by Crippen LogP contribution is -1.92. The van der Waals surface area contributed by atoms with Gasteiger partial charge in [-0.15, -0.1) is 10.2 Å². The lowest BCUT2D eigenvalue weighted by Gasteiger charge is -2.07. The van der Waals surface area contributed by atoms with Crippen LogP contribution < -0.4 is 9.47 Å². The molecule has 0 spiro atoms. The molecule has 2 heterocycles. The molecule has 0 amide bonds. The zero-order valence-electron chi connectivity index (χ0n) is 15.0. The van der Waals surface area contributed by atoms with Crippen LogP contribution in [-0.2, 0) is 6.42 Å². The Hall–Kier alpha value is -3.39. The smallest absolute Gasteiger partial charge is 0.247 e. The third kappa shape index (κ3) is 3.67. The summed E-state index contributed by atoms with van der Waals surface area (Å²) in [6, 6.07) is 12.5. The van der Waals surface area contributed by atoms with Crippen LogP contribution in [0.15, 0.2) is 51.4 Å². The van der Waals surface area contributed by atoms with Crippen molar-refractivity contribution in [1.29, 1.82) is 0 Å². The predicted octanol–water partition coefficient (Wildman–Crippen LogP) is 4.05. The van der Waals surface area contributed by atoms with Crippen molar-refractivity contribution >= 4 is 11.6 Å². The Labute approximate surface area is 165 Å². The maximum absolute atomic E-state index is 5.89. The Bertz CT molecular complexity index is 1090. The number of hydrogen-bond donors (Lipinski definition) is 0. The van der Waals surface area contributed by atoms with Gasteiger partial charge in [-0.3, -0.25) is 0 Å². The lowest BCUT2D eigenvalue weighted by molar-refractivity contribution is 0.355. The van der Waals surface area contributed by atoms with Gasteiger partial charge in [0.25, 0.3) is 0 Å². The van der Waals surface area contributed by atoms with Crippen LogP contribution in [0.25, 0.3) is 22.8 Å². The summed E-state index contributed by atoms with van der Waals surface area (Å²) in [5.74, 6) is 2.75. The molecular formula is C19H15ClN4O4. The average molecular weight is 399 g/mol. The van der Waals surface area contributed by atoms with Crippen LogP contribution >= 0.6 is 11.6 Å². The number of ether oxygens (including phenoxy) is 2. The highest BCUT2D eigenvalue weighted by Gasteiger charge is 2.16. The van der Waals surface area contributed by atoms with Crippen LogP contribution in [0, 0.1) is 0 Å². The molecule has 0 aliphatic heterocycles. The maximum atomic E-state index is 5.89. The molecule has 0 N–H and O–H groups in total. The second-order valence-electron chi connectivity index (χ2n) is 5.77. The van der Waals surface area contributed by atoms with Crippen molar-refractivity contribution in [2.75, 3.05) is 14.2 Å². The van der Waals surface area contributed by atoms with E-state index in [4.69, 9.17) is 30.0 Å². The van der Waals surface area contributed by atoms with Crippen molar-refractivity contribution in [2.45, 2.75) is 6.42 Å². The maximum Gasteiger partial charge on any atom is 0.247 e. The summed E-state index contributed by atoms with van der Waals surface area (Å²) in [6.45, 7) is 0. The van der Waals surface area contributed by atoms with Crippen LogP contribution in [0.1, 0.15) is 11.8 Å². The normalized spacial score (nSPS) is 10.8. The van der Waals surface area contributed by atoms with Crippen molar-refractivity contribution in [3.8, 4) is 34.3 Å². The molecule has 0 saturated heterocycles. The van der Waals surface area contributed by atoms with Gasteiger partial charge in [0.2, 0.25) is 23.5 Å². The fraction of sp³-hybridized carbons (Fsp3) is 0.158. The molecule has 9 heteroatoms. The van der Waals surface area contributed by atoms with E-state index in [1.54, 1.807) is 38.5 Å². The molecule has 2 aromatic carbocycles. The highest BCUT2D eigenvalue weighted by atomic mass is 35.5. The van der Waals surface area contributed by atoms with E-state index < -0.39 is 0 Å². The lowest BCUT2D eigenvalue weighted by atomic mass is 10.2. The van der Waals surface area contributed by atoms with E-state index in [1.165, 1.54) is 0 Å². The third-order valence-electron chi connectivity index (χ3n) is 3.97. The second-order valence-corrected chi connectivity index (χ2v) is 6.20. The summed E-state index contributed by atoms with van der Waals surface area (Å²) in [6.07, 6.45) is 0.223. The zero-order chi connectivity index (χ0) is 19.5. The SMILES string of the molecule is COc1ccc(-c2noc(Cc3nnc(-c4ccc(Cl)cc4)o3)n2)cc1OC. The number of halogens is 1.